The Morgan fingerprint density at radius 3 is 2.36 bits per heavy atom. The first-order valence-corrected chi connectivity index (χ1v) is 8.10. The molecule has 134 valence electrons. The number of carbonyl (C=O) groups is 2. The summed E-state index contributed by atoms with van der Waals surface area (Å²) < 4.78 is 36.4. The Hall–Kier alpha value is -2.48. The normalized spacial score (nSPS) is 11.1. The molecule has 0 unspecified atom stereocenters. The van der Waals surface area contributed by atoms with E-state index in [1.807, 2.05) is 0 Å². The second-order valence-electron chi connectivity index (χ2n) is 6.10. The van der Waals surface area contributed by atoms with Gasteiger partial charge in [0.1, 0.15) is 10.6 Å². The van der Waals surface area contributed by atoms with E-state index in [2.05, 4.69) is 5.32 Å². The number of benzene rings is 1. The van der Waals surface area contributed by atoms with Crippen molar-refractivity contribution in [1.82, 2.24) is 0 Å². The van der Waals surface area contributed by atoms with Crippen LogP contribution >= 0.6 is 11.3 Å². The number of amides is 1. The van der Waals surface area contributed by atoms with Crippen LogP contribution in [-0.2, 0) is 9.47 Å². The molecule has 0 saturated carbocycles. The molecule has 0 radical (unpaired) electrons. The molecule has 0 spiro atoms. The number of halogens is 2. The molecule has 0 fully saturated rings. The SMILES string of the molecule is COC(=O)c1cc(-c2ccc(F)c(F)c2)sc1NC(=O)OC(C)(C)C. The highest BCUT2D eigenvalue weighted by Crippen LogP contribution is 2.36. The predicted molar refractivity (Wildman–Crippen MR) is 90.9 cm³/mol. The highest BCUT2D eigenvalue weighted by atomic mass is 32.1. The van der Waals surface area contributed by atoms with Gasteiger partial charge in [-0.25, -0.2) is 18.4 Å². The van der Waals surface area contributed by atoms with Gasteiger partial charge in [-0.3, -0.25) is 5.32 Å². The molecule has 0 saturated heterocycles. The van der Waals surface area contributed by atoms with E-state index in [4.69, 9.17) is 9.47 Å². The van der Waals surface area contributed by atoms with Crippen LogP contribution in [0.15, 0.2) is 24.3 Å². The summed E-state index contributed by atoms with van der Waals surface area (Å²) in [6.45, 7) is 5.11. The van der Waals surface area contributed by atoms with E-state index in [0.717, 1.165) is 23.5 Å². The van der Waals surface area contributed by atoms with Crippen molar-refractivity contribution in [1.29, 1.82) is 0 Å². The number of hydrogen-bond acceptors (Lipinski definition) is 5. The Balaban J connectivity index is 2.38. The first kappa shape index (κ1) is 18.9. The number of ether oxygens (including phenoxy) is 2. The standard InChI is InChI=1S/C17H17F2NO4S/c1-17(2,3)24-16(22)20-14-10(15(21)23-4)8-13(25-14)9-5-6-11(18)12(19)7-9/h5-8H,1-4H3,(H,20,22). The molecule has 1 aromatic heterocycles. The summed E-state index contributed by atoms with van der Waals surface area (Å²) in [7, 11) is 1.20. The summed E-state index contributed by atoms with van der Waals surface area (Å²) in [6, 6.07) is 4.82. The molecule has 1 N–H and O–H groups in total. The van der Waals surface area contributed by atoms with E-state index in [-0.39, 0.29) is 10.6 Å². The minimum atomic E-state index is -1.01. The van der Waals surface area contributed by atoms with Crippen LogP contribution in [0.2, 0.25) is 0 Å². The second-order valence-corrected chi connectivity index (χ2v) is 7.15. The molecule has 0 atom stereocenters. The molecule has 0 bridgehead atoms. The summed E-state index contributed by atoms with van der Waals surface area (Å²) in [5, 5.41) is 2.68. The van der Waals surface area contributed by atoms with Crippen molar-refractivity contribution >= 4 is 28.4 Å². The zero-order valence-electron chi connectivity index (χ0n) is 14.1. The highest BCUT2D eigenvalue weighted by Gasteiger charge is 2.22. The van der Waals surface area contributed by atoms with Crippen LogP contribution in [0, 0.1) is 11.6 Å². The molecule has 1 heterocycles. The molecule has 1 amide bonds. The van der Waals surface area contributed by atoms with Crippen LogP contribution < -0.4 is 5.32 Å². The molecule has 0 aliphatic carbocycles. The molecule has 25 heavy (non-hydrogen) atoms. The molecule has 2 aromatic rings. The van der Waals surface area contributed by atoms with Crippen LogP contribution in [0.1, 0.15) is 31.1 Å². The Morgan fingerprint density at radius 2 is 1.80 bits per heavy atom. The lowest BCUT2D eigenvalue weighted by Crippen LogP contribution is -2.27. The number of methoxy groups -OCH3 is 1. The van der Waals surface area contributed by atoms with Gasteiger partial charge in [0, 0.05) is 4.88 Å². The number of esters is 1. The molecule has 1 aromatic carbocycles. The van der Waals surface area contributed by atoms with Crippen LogP contribution in [-0.4, -0.2) is 24.8 Å². The van der Waals surface area contributed by atoms with E-state index in [1.54, 1.807) is 20.8 Å². The van der Waals surface area contributed by atoms with Gasteiger partial charge >= 0.3 is 12.1 Å². The number of rotatable bonds is 3. The minimum Gasteiger partial charge on any atom is -0.465 e. The van der Waals surface area contributed by atoms with E-state index in [0.29, 0.717) is 10.4 Å². The third kappa shape index (κ3) is 4.76. The van der Waals surface area contributed by atoms with Crippen LogP contribution in [0.25, 0.3) is 10.4 Å². The van der Waals surface area contributed by atoms with Gasteiger partial charge in [-0.2, -0.15) is 0 Å². The lowest BCUT2D eigenvalue weighted by Gasteiger charge is -2.19. The molecular formula is C17H17F2NO4S. The smallest absolute Gasteiger partial charge is 0.412 e. The van der Waals surface area contributed by atoms with E-state index >= 15 is 0 Å². The van der Waals surface area contributed by atoms with Gasteiger partial charge in [-0.15, -0.1) is 11.3 Å². The van der Waals surface area contributed by atoms with Crippen molar-refractivity contribution in [2.45, 2.75) is 26.4 Å². The van der Waals surface area contributed by atoms with Gasteiger partial charge in [0.2, 0.25) is 0 Å². The van der Waals surface area contributed by atoms with Crippen molar-refractivity contribution in [3.05, 3.63) is 41.5 Å². The van der Waals surface area contributed by atoms with E-state index < -0.39 is 29.3 Å². The summed E-state index contributed by atoms with van der Waals surface area (Å²) >= 11 is 1.02. The highest BCUT2D eigenvalue weighted by molar-refractivity contribution is 7.20. The number of thiophene rings is 1. The van der Waals surface area contributed by atoms with Crippen LogP contribution in [0.5, 0.6) is 0 Å². The molecule has 5 nitrogen and oxygen atoms in total. The average Bonchev–Trinajstić information content (AvgIpc) is 2.91. The zero-order valence-corrected chi connectivity index (χ0v) is 14.9. The molecule has 2 rings (SSSR count). The lowest BCUT2D eigenvalue weighted by atomic mass is 10.1. The van der Waals surface area contributed by atoms with Gasteiger partial charge in [-0.1, -0.05) is 6.07 Å². The average molecular weight is 369 g/mol. The Bertz CT molecular complexity index is 811. The summed E-state index contributed by atoms with van der Waals surface area (Å²) in [4.78, 5) is 24.3. The maximum atomic E-state index is 13.4. The quantitative estimate of drug-likeness (QED) is 0.788. The van der Waals surface area contributed by atoms with Crippen LogP contribution in [0.3, 0.4) is 0 Å². The number of nitrogens with one attached hydrogen (secondary N) is 1. The van der Waals surface area contributed by atoms with Crippen molar-refractivity contribution in [2.75, 3.05) is 12.4 Å². The topological polar surface area (TPSA) is 64.6 Å². The first-order chi connectivity index (χ1) is 11.6. The van der Waals surface area contributed by atoms with Gasteiger partial charge in [0.05, 0.1) is 12.7 Å². The van der Waals surface area contributed by atoms with Gasteiger partial charge in [0.25, 0.3) is 0 Å². The van der Waals surface area contributed by atoms with Gasteiger partial charge < -0.3 is 9.47 Å². The summed E-state index contributed by atoms with van der Waals surface area (Å²) in [6.07, 6.45) is -0.740. The monoisotopic (exact) mass is 369 g/mol. The zero-order chi connectivity index (χ0) is 18.8. The van der Waals surface area contributed by atoms with Gasteiger partial charge in [0.15, 0.2) is 11.6 Å². The number of anilines is 1. The first-order valence-electron chi connectivity index (χ1n) is 7.28. The van der Waals surface area contributed by atoms with E-state index in [1.165, 1.54) is 19.2 Å². The fourth-order valence-electron chi connectivity index (χ4n) is 1.93. The third-order valence-corrected chi connectivity index (χ3v) is 4.06. The lowest BCUT2D eigenvalue weighted by molar-refractivity contribution is 0.0602. The number of carbonyl (C=O) groups excluding carboxylic acids is 2. The Morgan fingerprint density at radius 1 is 1.12 bits per heavy atom. The van der Waals surface area contributed by atoms with Gasteiger partial charge in [-0.05, 0) is 44.5 Å². The van der Waals surface area contributed by atoms with Crippen molar-refractivity contribution in [2.24, 2.45) is 0 Å². The fourth-order valence-corrected chi connectivity index (χ4v) is 2.96. The maximum absolute atomic E-state index is 13.4. The summed E-state index contributed by atoms with van der Waals surface area (Å²) in [5.41, 5.74) is -0.250. The van der Waals surface area contributed by atoms with Crippen molar-refractivity contribution in [3.63, 3.8) is 0 Å². The van der Waals surface area contributed by atoms with E-state index in [9.17, 15) is 18.4 Å². The molecule has 0 aliphatic heterocycles. The summed E-state index contributed by atoms with van der Waals surface area (Å²) in [5.74, 6) is -2.65. The third-order valence-electron chi connectivity index (χ3n) is 2.96. The van der Waals surface area contributed by atoms with Crippen LogP contribution in [0.4, 0.5) is 18.6 Å². The van der Waals surface area contributed by atoms with Crippen molar-refractivity contribution in [3.8, 4) is 10.4 Å². The largest absolute Gasteiger partial charge is 0.465 e. The van der Waals surface area contributed by atoms with Crippen molar-refractivity contribution < 1.29 is 27.8 Å². The maximum Gasteiger partial charge on any atom is 0.412 e. The predicted octanol–water partition coefficient (Wildman–Crippen LogP) is 4.83. The minimum absolute atomic E-state index is 0.0955. The number of hydrogen-bond donors (Lipinski definition) is 1. The second kappa shape index (κ2) is 7.18. The molecule has 0 aliphatic rings. The fraction of sp³-hybridized carbons (Fsp3) is 0.294. The molecule has 8 heteroatoms. The molecular weight excluding hydrogens is 352 g/mol. The Labute approximate surface area is 147 Å². The Kier molecular flexibility index (Phi) is 5.42.